The fraction of sp³-hybridized carbons (Fsp3) is 0. The van der Waals surface area contributed by atoms with E-state index in [0.717, 1.165) is 5.56 Å². The molecule has 144 valence electrons. The van der Waals surface area contributed by atoms with Gasteiger partial charge in [0.25, 0.3) is 5.69 Å². The molecule has 0 bridgehead atoms. The molecule has 0 unspecified atom stereocenters. The number of benzene rings is 2. The van der Waals surface area contributed by atoms with Gasteiger partial charge in [-0.25, -0.2) is 9.78 Å². The number of non-ortho nitro benzene ring substituents is 1. The van der Waals surface area contributed by atoms with Crippen molar-refractivity contribution in [2.24, 2.45) is 5.10 Å². The van der Waals surface area contributed by atoms with Crippen molar-refractivity contribution >= 4 is 50.9 Å². The number of hydrogen-bond acceptors (Lipinski definition) is 8. The summed E-state index contributed by atoms with van der Waals surface area (Å²) < 4.78 is 5.28. The van der Waals surface area contributed by atoms with Crippen molar-refractivity contribution in [1.82, 2.24) is 4.98 Å². The van der Waals surface area contributed by atoms with E-state index in [4.69, 9.17) is 16.0 Å². The third-order valence-electron chi connectivity index (χ3n) is 3.97. The zero-order chi connectivity index (χ0) is 20.4. The molecule has 0 amide bonds. The van der Waals surface area contributed by atoms with Crippen LogP contribution in [0.2, 0.25) is 5.02 Å². The largest absolute Gasteiger partial charge is 0.422 e. The van der Waals surface area contributed by atoms with Crippen LogP contribution < -0.4 is 11.1 Å². The second kappa shape index (κ2) is 7.82. The van der Waals surface area contributed by atoms with Gasteiger partial charge < -0.3 is 4.42 Å². The van der Waals surface area contributed by atoms with Gasteiger partial charge in [-0.2, -0.15) is 5.10 Å². The van der Waals surface area contributed by atoms with Gasteiger partial charge in [-0.1, -0.05) is 41.1 Å². The number of nitro benzene ring substituents is 1. The molecule has 2 heterocycles. The lowest BCUT2D eigenvalue weighted by molar-refractivity contribution is -0.384. The van der Waals surface area contributed by atoms with Crippen LogP contribution in [-0.2, 0) is 0 Å². The minimum absolute atomic E-state index is 0.0853. The van der Waals surface area contributed by atoms with E-state index in [1.54, 1.807) is 18.3 Å². The first kappa shape index (κ1) is 18.8. The van der Waals surface area contributed by atoms with Crippen LogP contribution in [0.1, 0.15) is 5.56 Å². The Morgan fingerprint density at radius 2 is 2.07 bits per heavy atom. The summed E-state index contributed by atoms with van der Waals surface area (Å²) in [6.45, 7) is 0. The fourth-order valence-electron chi connectivity index (χ4n) is 2.58. The van der Waals surface area contributed by atoms with E-state index in [-0.39, 0.29) is 16.8 Å². The lowest BCUT2D eigenvalue weighted by Gasteiger charge is -2.00. The molecule has 10 heteroatoms. The predicted octanol–water partition coefficient (Wildman–Crippen LogP) is 4.92. The van der Waals surface area contributed by atoms with Crippen molar-refractivity contribution < 1.29 is 9.34 Å². The number of anilines is 1. The zero-order valence-electron chi connectivity index (χ0n) is 14.5. The highest BCUT2D eigenvalue weighted by molar-refractivity contribution is 7.18. The lowest BCUT2D eigenvalue weighted by atomic mass is 10.1. The van der Waals surface area contributed by atoms with E-state index < -0.39 is 10.5 Å². The Kier molecular flexibility index (Phi) is 5.07. The summed E-state index contributed by atoms with van der Waals surface area (Å²) in [7, 11) is 0. The average molecular weight is 427 g/mol. The average Bonchev–Trinajstić information content (AvgIpc) is 3.17. The highest BCUT2D eigenvalue weighted by atomic mass is 35.5. The van der Waals surface area contributed by atoms with Crippen LogP contribution in [0.4, 0.5) is 10.8 Å². The van der Waals surface area contributed by atoms with Crippen molar-refractivity contribution in [3.05, 3.63) is 85.8 Å². The van der Waals surface area contributed by atoms with Gasteiger partial charge in [0, 0.05) is 34.3 Å². The van der Waals surface area contributed by atoms with Gasteiger partial charge in [-0.15, -0.1) is 0 Å². The Hall–Kier alpha value is -3.56. The molecule has 0 atom stereocenters. The summed E-state index contributed by atoms with van der Waals surface area (Å²) >= 11 is 7.26. The number of rotatable bonds is 5. The number of nitrogens with one attached hydrogen (secondary N) is 1. The first-order valence-corrected chi connectivity index (χ1v) is 9.43. The normalized spacial score (nSPS) is 11.2. The van der Waals surface area contributed by atoms with Gasteiger partial charge >= 0.3 is 5.63 Å². The topological polar surface area (TPSA) is 111 Å². The van der Waals surface area contributed by atoms with E-state index in [2.05, 4.69) is 15.5 Å². The molecule has 1 N–H and O–H groups in total. The van der Waals surface area contributed by atoms with Gasteiger partial charge in [0.2, 0.25) is 5.13 Å². The molecule has 0 spiro atoms. The molecular formula is C19H11ClN4O4S. The SMILES string of the molecule is O=c1oc2ccc([N+](=O)[O-])cc2cc1-c1cnc(N/N=C\c2ccccc2Cl)s1. The predicted molar refractivity (Wildman–Crippen MR) is 113 cm³/mol. The molecule has 0 fully saturated rings. The number of fused-ring (bicyclic) bond motifs is 1. The molecule has 4 aromatic rings. The van der Waals surface area contributed by atoms with E-state index in [0.29, 0.717) is 20.4 Å². The molecule has 0 radical (unpaired) electrons. The highest BCUT2D eigenvalue weighted by Gasteiger charge is 2.14. The molecule has 2 aromatic carbocycles. The van der Waals surface area contributed by atoms with Gasteiger partial charge in [0.1, 0.15) is 5.58 Å². The van der Waals surface area contributed by atoms with Crippen molar-refractivity contribution in [3.63, 3.8) is 0 Å². The first-order chi connectivity index (χ1) is 14.0. The molecule has 29 heavy (non-hydrogen) atoms. The molecule has 2 aromatic heterocycles. The lowest BCUT2D eigenvalue weighted by Crippen LogP contribution is -2.01. The summed E-state index contributed by atoms with van der Waals surface area (Å²) in [5.41, 5.74) is 3.43. The number of nitro groups is 1. The van der Waals surface area contributed by atoms with Crippen molar-refractivity contribution in [1.29, 1.82) is 0 Å². The van der Waals surface area contributed by atoms with E-state index in [1.807, 2.05) is 18.2 Å². The van der Waals surface area contributed by atoms with E-state index in [9.17, 15) is 14.9 Å². The van der Waals surface area contributed by atoms with Gasteiger partial charge in [-0.05, 0) is 18.2 Å². The van der Waals surface area contributed by atoms with Gasteiger partial charge in [0.15, 0.2) is 0 Å². The number of hydrogen-bond donors (Lipinski definition) is 1. The van der Waals surface area contributed by atoms with Crippen LogP contribution in [0.3, 0.4) is 0 Å². The third kappa shape index (κ3) is 4.00. The molecule has 0 aliphatic heterocycles. The minimum atomic E-state index is -0.555. The van der Waals surface area contributed by atoms with Crippen LogP contribution in [0.25, 0.3) is 21.4 Å². The smallest absolute Gasteiger partial charge is 0.345 e. The van der Waals surface area contributed by atoms with Crippen molar-refractivity contribution in [2.75, 3.05) is 5.43 Å². The van der Waals surface area contributed by atoms with E-state index >= 15 is 0 Å². The number of aromatic nitrogens is 1. The third-order valence-corrected chi connectivity index (χ3v) is 5.25. The molecule has 0 aliphatic rings. The van der Waals surface area contributed by atoms with Crippen LogP contribution in [0.5, 0.6) is 0 Å². The summed E-state index contributed by atoms with van der Waals surface area (Å²) in [6, 6.07) is 12.8. The standard InChI is InChI=1S/C19H11ClN4O4S/c20-15-4-2-1-3-11(15)9-22-23-19-21-10-17(29-19)14-8-12-7-13(24(26)27)5-6-16(12)28-18(14)25/h1-10H,(H,21,23)/b22-9-. The number of thiazole rings is 1. The van der Waals surface area contributed by atoms with Crippen molar-refractivity contribution in [2.45, 2.75) is 0 Å². The molecule has 0 saturated carbocycles. The van der Waals surface area contributed by atoms with Gasteiger partial charge in [0.05, 0.1) is 21.6 Å². The summed E-state index contributed by atoms with van der Waals surface area (Å²) in [5.74, 6) is 0. The summed E-state index contributed by atoms with van der Waals surface area (Å²) in [6.07, 6.45) is 3.07. The van der Waals surface area contributed by atoms with Crippen LogP contribution in [0.15, 0.2) is 69.0 Å². The second-order valence-corrected chi connectivity index (χ2v) is 7.29. The Labute approximate surface area is 172 Å². The summed E-state index contributed by atoms with van der Waals surface area (Å²) in [5, 5.41) is 16.5. The zero-order valence-corrected chi connectivity index (χ0v) is 16.1. The number of halogens is 1. The monoisotopic (exact) mass is 426 g/mol. The molecule has 0 aliphatic carbocycles. The Morgan fingerprint density at radius 3 is 2.86 bits per heavy atom. The second-order valence-electron chi connectivity index (χ2n) is 5.85. The van der Waals surface area contributed by atoms with Crippen LogP contribution >= 0.6 is 22.9 Å². The Morgan fingerprint density at radius 1 is 1.24 bits per heavy atom. The number of nitrogens with zero attached hydrogens (tertiary/aromatic N) is 3. The maximum atomic E-state index is 12.3. The molecule has 8 nitrogen and oxygen atoms in total. The highest BCUT2D eigenvalue weighted by Crippen LogP contribution is 2.30. The minimum Gasteiger partial charge on any atom is -0.422 e. The molecular weight excluding hydrogens is 416 g/mol. The molecule has 4 rings (SSSR count). The Balaban J connectivity index is 1.61. The Bertz CT molecular complexity index is 1320. The quantitative estimate of drug-likeness (QED) is 0.210. The first-order valence-electron chi connectivity index (χ1n) is 8.23. The van der Waals surface area contributed by atoms with Gasteiger partial charge in [-0.3, -0.25) is 15.5 Å². The summed E-state index contributed by atoms with van der Waals surface area (Å²) in [4.78, 5) is 27.5. The van der Waals surface area contributed by atoms with Crippen molar-refractivity contribution in [3.8, 4) is 10.4 Å². The van der Waals surface area contributed by atoms with E-state index in [1.165, 1.54) is 35.7 Å². The van der Waals surface area contributed by atoms with Crippen LogP contribution in [0, 0.1) is 10.1 Å². The van der Waals surface area contributed by atoms with Crippen LogP contribution in [-0.4, -0.2) is 16.1 Å². The maximum absolute atomic E-state index is 12.3. The molecule has 0 saturated heterocycles. The maximum Gasteiger partial charge on any atom is 0.345 e. The fourth-order valence-corrected chi connectivity index (χ4v) is 3.54. The number of hydrazone groups is 1.